The summed E-state index contributed by atoms with van der Waals surface area (Å²) in [4.78, 5) is 27.8. The monoisotopic (exact) mass is 412 g/mol. The first kappa shape index (κ1) is 21.8. The molecular formula is C24H29FN2O3. The quantitative estimate of drug-likeness (QED) is 0.697. The highest BCUT2D eigenvalue weighted by atomic mass is 19.1. The summed E-state index contributed by atoms with van der Waals surface area (Å²) < 4.78 is 21.2. The van der Waals surface area contributed by atoms with Gasteiger partial charge in [-0.15, -0.1) is 0 Å². The van der Waals surface area contributed by atoms with Gasteiger partial charge in [0.1, 0.15) is 5.82 Å². The molecule has 1 aromatic carbocycles. The summed E-state index contributed by atoms with van der Waals surface area (Å²) in [6.45, 7) is 11.7. The van der Waals surface area contributed by atoms with Crippen LogP contribution in [0.3, 0.4) is 0 Å². The number of hydrogen-bond donors (Lipinski definition) is 0. The Labute approximate surface area is 177 Å². The molecule has 0 unspecified atom stereocenters. The zero-order valence-corrected chi connectivity index (χ0v) is 18.7. The van der Waals surface area contributed by atoms with Crippen molar-refractivity contribution in [1.29, 1.82) is 0 Å². The number of nitrogens with zero attached hydrogens (tertiary/aromatic N) is 2. The number of benzene rings is 1. The Bertz CT molecular complexity index is 1050. The maximum absolute atomic E-state index is 13.7. The number of carbonyl (C=O) groups excluding carboxylic acids is 2. The molecule has 1 aromatic heterocycles. The summed E-state index contributed by atoms with van der Waals surface area (Å²) in [5.41, 5.74) is 3.45. The van der Waals surface area contributed by atoms with Gasteiger partial charge in [-0.2, -0.15) is 0 Å². The third kappa shape index (κ3) is 3.91. The third-order valence-electron chi connectivity index (χ3n) is 5.48. The van der Waals surface area contributed by atoms with Crippen molar-refractivity contribution in [3.8, 4) is 0 Å². The molecule has 3 rings (SSSR count). The van der Waals surface area contributed by atoms with Gasteiger partial charge in [0.2, 0.25) is 0 Å². The highest BCUT2D eigenvalue weighted by molar-refractivity contribution is 6.17. The highest BCUT2D eigenvalue weighted by Gasteiger charge is 2.37. The summed E-state index contributed by atoms with van der Waals surface area (Å²) in [7, 11) is 1.96. The Morgan fingerprint density at radius 1 is 1.17 bits per heavy atom. The molecule has 1 amide bonds. The first-order chi connectivity index (χ1) is 13.9. The minimum absolute atomic E-state index is 0.285. The van der Waals surface area contributed by atoms with E-state index < -0.39 is 11.4 Å². The van der Waals surface area contributed by atoms with Crippen LogP contribution in [0.15, 0.2) is 30.5 Å². The van der Waals surface area contributed by atoms with E-state index in [1.165, 1.54) is 18.2 Å². The molecule has 6 heteroatoms. The molecule has 0 aliphatic carbocycles. The number of hydrogen-bond acceptors (Lipinski definition) is 3. The molecule has 160 valence electrons. The van der Waals surface area contributed by atoms with Crippen LogP contribution in [-0.2, 0) is 22.0 Å². The molecule has 0 radical (unpaired) electrons. The molecule has 1 aliphatic heterocycles. The lowest BCUT2D eigenvalue weighted by molar-refractivity contribution is -0.140. The van der Waals surface area contributed by atoms with Crippen molar-refractivity contribution in [2.75, 3.05) is 6.54 Å². The number of carbonyl (C=O) groups is 2. The average Bonchev–Trinajstić information content (AvgIpc) is 2.88. The van der Waals surface area contributed by atoms with E-state index in [0.29, 0.717) is 23.2 Å². The molecule has 0 N–H and O–H groups in total. The number of ether oxygens (including phenoxy) is 1. The lowest BCUT2D eigenvalue weighted by atomic mass is 9.85. The molecular weight excluding hydrogens is 383 g/mol. The van der Waals surface area contributed by atoms with Crippen LogP contribution in [0.25, 0.3) is 5.57 Å². The summed E-state index contributed by atoms with van der Waals surface area (Å²) in [6, 6.07) is 6.26. The number of halogens is 1. The summed E-state index contributed by atoms with van der Waals surface area (Å²) >= 11 is 0. The Morgan fingerprint density at radius 3 is 2.43 bits per heavy atom. The minimum Gasteiger partial charge on any atom is -0.459 e. The predicted octanol–water partition coefficient (Wildman–Crippen LogP) is 4.51. The second kappa shape index (κ2) is 7.74. The smallest absolute Gasteiger partial charge is 0.340 e. The van der Waals surface area contributed by atoms with Gasteiger partial charge in [-0.3, -0.25) is 4.79 Å². The number of esters is 1. The Morgan fingerprint density at radius 2 is 1.83 bits per heavy atom. The van der Waals surface area contributed by atoms with Crippen LogP contribution < -0.4 is 0 Å². The molecule has 0 saturated carbocycles. The number of amides is 1. The summed E-state index contributed by atoms with van der Waals surface area (Å²) in [5, 5.41) is 0. The number of fused-ring (bicyclic) bond motifs is 1. The largest absolute Gasteiger partial charge is 0.459 e. The molecule has 1 aliphatic rings. The van der Waals surface area contributed by atoms with Crippen molar-refractivity contribution in [3.05, 3.63) is 64.4 Å². The van der Waals surface area contributed by atoms with Crippen molar-refractivity contribution in [2.24, 2.45) is 7.05 Å². The van der Waals surface area contributed by atoms with E-state index in [4.69, 9.17) is 4.74 Å². The van der Waals surface area contributed by atoms with Crippen LogP contribution in [0.1, 0.15) is 60.6 Å². The van der Waals surface area contributed by atoms with Gasteiger partial charge >= 0.3 is 5.97 Å². The van der Waals surface area contributed by atoms with Crippen molar-refractivity contribution in [2.45, 2.75) is 53.1 Å². The van der Waals surface area contributed by atoms with E-state index in [9.17, 15) is 14.0 Å². The zero-order valence-electron chi connectivity index (χ0n) is 18.7. The van der Waals surface area contributed by atoms with Gasteiger partial charge in [-0.25, -0.2) is 9.18 Å². The molecule has 0 saturated heterocycles. The second-order valence-corrected chi connectivity index (χ2v) is 8.88. The Kier molecular flexibility index (Phi) is 5.63. The lowest BCUT2D eigenvalue weighted by Gasteiger charge is -2.30. The van der Waals surface area contributed by atoms with Gasteiger partial charge in [-0.1, -0.05) is 13.8 Å². The maximum Gasteiger partial charge on any atom is 0.340 e. The van der Waals surface area contributed by atoms with Crippen LogP contribution in [-0.4, -0.2) is 34.0 Å². The molecule has 2 aromatic rings. The average molecular weight is 413 g/mol. The fraction of sp³-hybridized carbons (Fsp3) is 0.417. The number of rotatable bonds is 3. The third-order valence-corrected chi connectivity index (χ3v) is 5.48. The van der Waals surface area contributed by atoms with Gasteiger partial charge < -0.3 is 14.2 Å². The SMILES string of the molecule is Cc1cc(C(=O)N2C=C(C(=O)OC(C)C)c3cc(C)n(C)c3C(C)(C)C2)ccc1F. The molecule has 30 heavy (non-hydrogen) atoms. The molecule has 5 nitrogen and oxygen atoms in total. The highest BCUT2D eigenvalue weighted by Crippen LogP contribution is 2.37. The van der Waals surface area contributed by atoms with Crippen LogP contribution in [0, 0.1) is 19.7 Å². The van der Waals surface area contributed by atoms with Crippen molar-refractivity contribution in [3.63, 3.8) is 0 Å². The first-order valence-corrected chi connectivity index (χ1v) is 10.1. The first-order valence-electron chi connectivity index (χ1n) is 10.1. The standard InChI is InChI=1S/C24H29FN2O3/c1-14(2)30-23(29)19-12-27(22(28)17-8-9-20(25)15(3)10-17)13-24(5,6)21-18(19)11-16(4)26(21)7/h8-12,14H,13H2,1-7H3. The van der Waals surface area contributed by atoms with Crippen LogP contribution in [0.2, 0.25) is 0 Å². The molecule has 0 bridgehead atoms. The number of aromatic nitrogens is 1. The molecule has 2 heterocycles. The summed E-state index contributed by atoms with van der Waals surface area (Å²) in [5.74, 6) is -1.12. The fourth-order valence-corrected chi connectivity index (χ4v) is 4.04. The van der Waals surface area contributed by atoms with E-state index >= 15 is 0 Å². The zero-order chi connectivity index (χ0) is 22.4. The van der Waals surface area contributed by atoms with Gasteiger partial charge in [0.05, 0.1) is 11.7 Å². The van der Waals surface area contributed by atoms with Crippen LogP contribution in [0.5, 0.6) is 0 Å². The number of aryl methyl sites for hydroxylation is 2. The Hall–Kier alpha value is -2.89. The topological polar surface area (TPSA) is 51.5 Å². The van der Waals surface area contributed by atoms with Crippen LogP contribution >= 0.6 is 0 Å². The van der Waals surface area contributed by atoms with E-state index in [-0.39, 0.29) is 17.8 Å². The molecule has 0 fully saturated rings. The second-order valence-electron chi connectivity index (χ2n) is 8.88. The lowest BCUT2D eigenvalue weighted by Crippen LogP contribution is -2.38. The van der Waals surface area contributed by atoms with Crippen LogP contribution in [0.4, 0.5) is 4.39 Å². The predicted molar refractivity (Wildman–Crippen MR) is 115 cm³/mol. The van der Waals surface area contributed by atoms with Gasteiger partial charge in [-0.05, 0) is 57.5 Å². The molecule has 0 spiro atoms. The fourth-order valence-electron chi connectivity index (χ4n) is 4.04. The van der Waals surface area contributed by atoms with E-state index in [0.717, 1.165) is 17.0 Å². The van der Waals surface area contributed by atoms with E-state index in [1.807, 2.05) is 33.9 Å². The van der Waals surface area contributed by atoms with Gasteiger partial charge in [0, 0.05) is 47.7 Å². The normalized spacial score (nSPS) is 15.5. The molecule has 0 atom stereocenters. The Balaban J connectivity index is 2.15. The minimum atomic E-state index is -0.470. The van der Waals surface area contributed by atoms with Crippen molar-refractivity contribution < 1.29 is 18.7 Å². The van der Waals surface area contributed by atoms with Crippen molar-refractivity contribution in [1.82, 2.24) is 9.47 Å². The summed E-state index contributed by atoms with van der Waals surface area (Å²) in [6.07, 6.45) is 1.30. The van der Waals surface area contributed by atoms with E-state index in [1.54, 1.807) is 31.9 Å². The van der Waals surface area contributed by atoms with E-state index in [2.05, 4.69) is 4.57 Å². The maximum atomic E-state index is 13.7. The van der Waals surface area contributed by atoms with Gasteiger partial charge in [0.15, 0.2) is 0 Å². The van der Waals surface area contributed by atoms with Gasteiger partial charge in [0.25, 0.3) is 5.91 Å². The van der Waals surface area contributed by atoms with Crippen molar-refractivity contribution >= 4 is 17.4 Å².